The Bertz CT molecular complexity index is 1680. The summed E-state index contributed by atoms with van der Waals surface area (Å²) in [5, 5.41) is 131. The zero-order valence-electron chi connectivity index (χ0n) is 40.0. The van der Waals surface area contributed by atoms with Crippen LogP contribution >= 0.6 is 0 Å². The smallest absolute Gasteiger partial charge is 0.187 e. The Hall–Kier alpha value is -0.980. The molecule has 3 heterocycles. The average molecular weight is 947 g/mol. The van der Waals surface area contributed by atoms with Crippen LogP contribution in [-0.4, -0.2) is 191 Å². The molecule has 25 atom stereocenters. The van der Waals surface area contributed by atoms with Gasteiger partial charge in [-0.05, 0) is 125 Å². The third-order valence-corrected chi connectivity index (χ3v) is 18.8. The molecule has 0 aromatic rings. The van der Waals surface area contributed by atoms with E-state index >= 15 is 0 Å². The van der Waals surface area contributed by atoms with E-state index < -0.39 is 139 Å². The number of ether oxygens (including phenoxy) is 6. The highest BCUT2D eigenvalue weighted by atomic mass is 16.7. The molecule has 7 fully saturated rings. The first-order chi connectivity index (χ1) is 30.8. The van der Waals surface area contributed by atoms with E-state index in [1.54, 1.807) is 0 Å². The Morgan fingerprint density at radius 3 is 1.89 bits per heavy atom. The van der Waals surface area contributed by atoms with E-state index in [1.165, 1.54) is 6.92 Å². The van der Waals surface area contributed by atoms with E-state index in [0.717, 1.165) is 24.8 Å². The molecule has 4 aliphatic carbocycles. The van der Waals surface area contributed by atoms with Crippen molar-refractivity contribution in [2.24, 2.45) is 45.3 Å². The van der Waals surface area contributed by atoms with Crippen LogP contribution in [0.4, 0.5) is 0 Å². The molecule has 0 amide bonds. The van der Waals surface area contributed by atoms with Crippen molar-refractivity contribution in [3.05, 3.63) is 11.6 Å². The molecular weight excluding hydrogens is 865 g/mol. The second-order valence-electron chi connectivity index (χ2n) is 22.8. The molecule has 0 unspecified atom stereocenters. The third kappa shape index (κ3) is 8.79. The number of aliphatic hydroxyl groups excluding tert-OH is 12. The van der Waals surface area contributed by atoms with Crippen LogP contribution in [0.3, 0.4) is 0 Å². The van der Waals surface area contributed by atoms with E-state index in [1.807, 2.05) is 20.8 Å². The van der Waals surface area contributed by atoms with Crippen molar-refractivity contribution in [3.63, 3.8) is 0 Å². The molecule has 0 aromatic heterocycles. The van der Waals surface area contributed by atoms with E-state index in [2.05, 4.69) is 33.8 Å². The van der Waals surface area contributed by atoms with Crippen molar-refractivity contribution in [1.82, 2.24) is 0 Å². The molecule has 0 aromatic carbocycles. The quantitative estimate of drug-likeness (QED) is 0.0853. The molecule has 382 valence electrons. The van der Waals surface area contributed by atoms with Crippen LogP contribution in [0.25, 0.3) is 0 Å². The number of fused-ring (bicyclic) bond motifs is 5. The number of rotatable bonds is 13. The minimum Gasteiger partial charge on any atom is -0.396 e. The molecule has 66 heavy (non-hydrogen) atoms. The third-order valence-electron chi connectivity index (χ3n) is 18.8. The van der Waals surface area contributed by atoms with Crippen LogP contribution in [0.15, 0.2) is 11.6 Å². The summed E-state index contributed by atoms with van der Waals surface area (Å²) in [4.78, 5) is 0. The van der Waals surface area contributed by atoms with Gasteiger partial charge in [-0.25, -0.2) is 0 Å². The Labute approximate surface area is 388 Å². The van der Waals surface area contributed by atoms with E-state index in [-0.39, 0.29) is 35.7 Å². The van der Waals surface area contributed by atoms with Crippen molar-refractivity contribution in [2.75, 3.05) is 19.8 Å². The molecule has 18 nitrogen and oxygen atoms in total. The highest BCUT2D eigenvalue weighted by Gasteiger charge is 2.73. The highest BCUT2D eigenvalue weighted by Crippen LogP contribution is 2.76. The van der Waals surface area contributed by atoms with E-state index in [0.29, 0.717) is 38.5 Å². The fraction of sp³-hybridized carbons (Fsp3) is 0.958. The first kappa shape index (κ1) is 52.8. The Kier molecular flexibility index (Phi) is 15.7. The van der Waals surface area contributed by atoms with Gasteiger partial charge in [0.15, 0.2) is 18.9 Å². The normalized spacial score (nSPS) is 52.4. The summed E-state index contributed by atoms with van der Waals surface area (Å²) in [5.74, 6) is -0.631. The number of hydrogen-bond acceptors (Lipinski definition) is 18. The van der Waals surface area contributed by atoms with Crippen molar-refractivity contribution >= 4 is 0 Å². The van der Waals surface area contributed by atoms with Gasteiger partial charge in [0.2, 0.25) is 0 Å². The zero-order valence-corrected chi connectivity index (χ0v) is 40.0. The zero-order chi connectivity index (χ0) is 48.6. The van der Waals surface area contributed by atoms with Gasteiger partial charge in [-0.3, -0.25) is 0 Å². The van der Waals surface area contributed by atoms with Crippen molar-refractivity contribution < 1.29 is 89.7 Å². The number of hydrogen-bond donors (Lipinski definition) is 12. The van der Waals surface area contributed by atoms with Crippen LogP contribution in [-0.2, 0) is 28.4 Å². The second-order valence-corrected chi connectivity index (χ2v) is 22.8. The standard InChI is InChI=1S/C48H82O18/c1-22(2)10-9-14-47(8,66-43-40(60)36(56)33(53)26(19-49)63-43)24-11-15-46(7)31(24)25(51)18-29-45(46,6)16-12-28-44(4,5)30(13-17-48(28,29)21-50)65-42-39(59)37(57)34(54)27(64-42)20-61-41-38(58)35(55)32(52)23(3)62-41/h10,23-43,49-60H,9,11-21H2,1-8H3/t23-,24-,25+,26+,27+,28+,29-,30+,31-,32-,33+,34+,35+,36-,37-,38+,39+,40+,41+,42-,43-,45+,46+,47-,48-/m0/s1. The molecule has 3 saturated heterocycles. The van der Waals surface area contributed by atoms with Gasteiger partial charge < -0.3 is 89.7 Å². The van der Waals surface area contributed by atoms with Gasteiger partial charge in [0, 0.05) is 12.0 Å². The fourth-order valence-electron chi connectivity index (χ4n) is 14.7. The summed E-state index contributed by atoms with van der Waals surface area (Å²) < 4.78 is 36.6. The molecule has 3 aliphatic heterocycles. The topological polar surface area (TPSA) is 298 Å². The van der Waals surface area contributed by atoms with Gasteiger partial charge in [0.05, 0.1) is 37.1 Å². The summed E-state index contributed by atoms with van der Waals surface area (Å²) >= 11 is 0. The maximum absolute atomic E-state index is 12.6. The van der Waals surface area contributed by atoms with Crippen LogP contribution in [0, 0.1) is 45.3 Å². The number of allylic oxidation sites excluding steroid dienone is 2. The Morgan fingerprint density at radius 2 is 1.26 bits per heavy atom. The molecule has 4 saturated carbocycles. The predicted molar refractivity (Wildman–Crippen MR) is 234 cm³/mol. The molecule has 18 heteroatoms. The lowest BCUT2D eigenvalue weighted by atomic mass is 9.34. The van der Waals surface area contributed by atoms with Gasteiger partial charge in [-0.2, -0.15) is 0 Å². The summed E-state index contributed by atoms with van der Waals surface area (Å²) in [7, 11) is 0. The lowest BCUT2D eigenvalue weighted by Gasteiger charge is -2.71. The van der Waals surface area contributed by atoms with Gasteiger partial charge in [0.1, 0.15) is 67.1 Å². The Morgan fingerprint density at radius 1 is 0.667 bits per heavy atom. The molecule has 0 spiro atoms. The van der Waals surface area contributed by atoms with Crippen molar-refractivity contribution in [3.8, 4) is 0 Å². The van der Waals surface area contributed by atoms with E-state index in [4.69, 9.17) is 28.4 Å². The largest absolute Gasteiger partial charge is 0.396 e. The second kappa shape index (κ2) is 19.6. The predicted octanol–water partition coefficient (Wildman–Crippen LogP) is -0.0268. The SMILES string of the molecule is CC(C)=CCC[C@](C)(O[C@@H]1O[C@H](CO)[C@@H](O)[C@H](O)[C@H]1O)[C@H]1CC[C@]2(C)[C@@H]1[C@H](O)C[C@@H]1[C@]3(CO)CC[C@@H](O[C@@H]4O[C@H](CO[C@@H]5O[C@@H](C)[C@H](O)[C@@H](O)[C@H]5O)[C@@H](O)[C@H](O)[C@H]4O)C(C)(C)[C@H]3CC[C@]12C. The monoisotopic (exact) mass is 947 g/mol. The molecule has 12 N–H and O–H groups in total. The van der Waals surface area contributed by atoms with Gasteiger partial charge in [0.25, 0.3) is 0 Å². The minimum atomic E-state index is -1.68. The number of aliphatic hydroxyl groups is 12. The highest BCUT2D eigenvalue weighted by molar-refractivity contribution is 5.21. The lowest BCUT2D eigenvalue weighted by molar-refractivity contribution is -0.347. The molecule has 7 rings (SSSR count). The van der Waals surface area contributed by atoms with Crippen LogP contribution in [0.1, 0.15) is 113 Å². The van der Waals surface area contributed by atoms with Crippen LogP contribution < -0.4 is 0 Å². The van der Waals surface area contributed by atoms with Crippen molar-refractivity contribution in [1.29, 1.82) is 0 Å². The Balaban J connectivity index is 1.10. The summed E-state index contributed by atoms with van der Waals surface area (Å²) in [6.45, 7) is 15.2. The first-order valence-corrected chi connectivity index (χ1v) is 24.4. The van der Waals surface area contributed by atoms with Gasteiger partial charge in [-0.15, -0.1) is 0 Å². The van der Waals surface area contributed by atoms with Crippen LogP contribution in [0.5, 0.6) is 0 Å². The van der Waals surface area contributed by atoms with Crippen LogP contribution in [0.2, 0.25) is 0 Å². The summed E-state index contributed by atoms with van der Waals surface area (Å²) in [5.41, 5.74) is -1.82. The maximum atomic E-state index is 12.6. The first-order valence-electron chi connectivity index (χ1n) is 24.4. The molecule has 0 bridgehead atoms. The maximum Gasteiger partial charge on any atom is 0.187 e. The summed E-state index contributed by atoms with van der Waals surface area (Å²) in [6.07, 6.45) is -15.0. The average Bonchev–Trinajstić information content (AvgIpc) is 3.66. The fourth-order valence-corrected chi connectivity index (χ4v) is 14.7. The van der Waals surface area contributed by atoms with Gasteiger partial charge >= 0.3 is 0 Å². The molecular formula is C48H82O18. The lowest BCUT2D eigenvalue weighted by Crippen LogP contribution is -2.69. The minimum absolute atomic E-state index is 0.0932. The van der Waals surface area contributed by atoms with Gasteiger partial charge in [-0.1, -0.05) is 39.3 Å². The summed E-state index contributed by atoms with van der Waals surface area (Å²) in [6, 6.07) is 0. The van der Waals surface area contributed by atoms with Crippen molar-refractivity contribution in [2.45, 2.75) is 223 Å². The van der Waals surface area contributed by atoms with E-state index in [9.17, 15) is 61.3 Å². The molecule has 0 radical (unpaired) electrons. The molecule has 7 aliphatic rings.